The maximum Gasteiger partial charge on any atom is 0.0991 e. The molecule has 108 valence electrons. The number of hydrogen-bond donors (Lipinski definition) is 1. The summed E-state index contributed by atoms with van der Waals surface area (Å²) in [4.78, 5) is 0. The SMILES string of the molecule is CCC(NC(C)c1cccc(C#N)c1)c1ccc(Cl)cc1. The van der Waals surface area contributed by atoms with Gasteiger partial charge in [0, 0.05) is 17.1 Å². The van der Waals surface area contributed by atoms with Crippen molar-refractivity contribution in [3.8, 4) is 6.07 Å². The van der Waals surface area contributed by atoms with Crippen LogP contribution in [0.3, 0.4) is 0 Å². The molecule has 0 aromatic heterocycles. The molecule has 0 spiro atoms. The number of nitrogens with zero attached hydrogens (tertiary/aromatic N) is 1. The van der Waals surface area contributed by atoms with Crippen molar-refractivity contribution in [3.63, 3.8) is 0 Å². The van der Waals surface area contributed by atoms with E-state index in [0.717, 1.165) is 17.0 Å². The Labute approximate surface area is 131 Å². The Morgan fingerprint density at radius 3 is 2.48 bits per heavy atom. The molecular weight excluding hydrogens is 280 g/mol. The van der Waals surface area contributed by atoms with E-state index in [1.165, 1.54) is 5.56 Å². The quantitative estimate of drug-likeness (QED) is 0.842. The van der Waals surface area contributed by atoms with Crippen LogP contribution in [-0.4, -0.2) is 0 Å². The summed E-state index contributed by atoms with van der Waals surface area (Å²) in [7, 11) is 0. The lowest BCUT2D eigenvalue weighted by Gasteiger charge is -2.23. The van der Waals surface area contributed by atoms with Crippen LogP contribution in [0.15, 0.2) is 48.5 Å². The van der Waals surface area contributed by atoms with E-state index < -0.39 is 0 Å². The molecule has 0 saturated heterocycles. The van der Waals surface area contributed by atoms with Gasteiger partial charge in [-0.2, -0.15) is 5.26 Å². The molecular formula is C18H19ClN2. The number of halogens is 1. The fraction of sp³-hybridized carbons (Fsp3) is 0.278. The van der Waals surface area contributed by atoms with E-state index in [2.05, 4.69) is 37.4 Å². The molecule has 0 fully saturated rings. The minimum Gasteiger partial charge on any atom is -0.303 e. The predicted octanol–water partition coefficient (Wildman–Crippen LogP) is 5.01. The lowest BCUT2D eigenvalue weighted by molar-refractivity contribution is 0.456. The Bertz CT molecular complexity index is 628. The fourth-order valence-electron chi connectivity index (χ4n) is 2.42. The third-order valence-electron chi connectivity index (χ3n) is 3.65. The zero-order chi connectivity index (χ0) is 15.2. The summed E-state index contributed by atoms with van der Waals surface area (Å²) in [6.45, 7) is 4.28. The first kappa shape index (κ1) is 15.6. The summed E-state index contributed by atoms with van der Waals surface area (Å²) in [6.07, 6.45) is 0.990. The molecule has 0 saturated carbocycles. The highest BCUT2D eigenvalue weighted by atomic mass is 35.5. The molecule has 2 unspecified atom stereocenters. The molecule has 0 aliphatic rings. The zero-order valence-electron chi connectivity index (χ0n) is 12.3. The Morgan fingerprint density at radius 1 is 1.14 bits per heavy atom. The summed E-state index contributed by atoms with van der Waals surface area (Å²) >= 11 is 5.94. The van der Waals surface area contributed by atoms with Gasteiger partial charge in [0.05, 0.1) is 11.6 Å². The van der Waals surface area contributed by atoms with Gasteiger partial charge in [-0.1, -0.05) is 42.8 Å². The van der Waals surface area contributed by atoms with Gasteiger partial charge in [-0.3, -0.25) is 0 Å². The first-order valence-electron chi connectivity index (χ1n) is 7.15. The van der Waals surface area contributed by atoms with Gasteiger partial charge in [0.15, 0.2) is 0 Å². The summed E-state index contributed by atoms with van der Waals surface area (Å²) in [5, 5.41) is 13.4. The van der Waals surface area contributed by atoms with Crippen molar-refractivity contribution in [3.05, 3.63) is 70.2 Å². The van der Waals surface area contributed by atoms with E-state index in [1.807, 2.05) is 36.4 Å². The van der Waals surface area contributed by atoms with Crippen LogP contribution < -0.4 is 5.32 Å². The van der Waals surface area contributed by atoms with Crippen molar-refractivity contribution >= 4 is 11.6 Å². The molecule has 2 aromatic carbocycles. The Hall–Kier alpha value is -1.82. The van der Waals surface area contributed by atoms with Gasteiger partial charge in [0.25, 0.3) is 0 Å². The van der Waals surface area contributed by atoms with Crippen LogP contribution in [0.5, 0.6) is 0 Å². The van der Waals surface area contributed by atoms with Crippen molar-refractivity contribution in [2.45, 2.75) is 32.4 Å². The molecule has 3 heteroatoms. The van der Waals surface area contributed by atoms with Gasteiger partial charge in [-0.25, -0.2) is 0 Å². The monoisotopic (exact) mass is 298 g/mol. The molecule has 0 aliphatic carbocycles. The largest absolute Gasteiger partial charge is 0.303 e. The van der Waals surface area contributed by atoms with Crippen LogP contribution >= 0.6 is 11.6 Å². The van der Waals surface area contributed by atoms with Crippen LogP contribution in [0.2, 0.25) is 5.02 Å². The van der Waals surface area contributed by atoms with E-state index in [4.69, 9.17) is 16.9 Å². The first-order valence-corrected chi connectivity index (χ1v) is 7.53. The maximum atomic E-state index is 8.99. The first-order chi connectivity index (χ1) is 10.1. The summed E-state index contributed by atoms with van der Waals surface area (Å²) in [6, 6.07) is 18.3. The standard InChI is InChI=1S/C18H19ClN2/c1-3-18(15-7-9-17(19)10-8-15)21-13(2)16-6-4-5-14(11-16)12-20/h4-11,13,18,21H,3H2,1-2H3. The van der Waals surface area contributed by atoms with Crippen molar-refractivity contribution in [2.75, 3.05) is 0 Å². The summed E-state index contributed by atoms with van der Waals surface area (Å²) < 4.78 is 0. The molecule has 2 atom stereocenters. The molecule has 2 rings (SSSR count). The third-order valence-corrected chi connectivity index (χ3v) is 3.90. The number of nitrogens with one attached hydrogen (secondary N) is 1. The molecule has 0 radical (unpaired) electrons. The Morgan fingerprint density at radius 2 is 1.86 bits per heavy atom. The second-order valence-electron chi connectivity index (χ2n) is 5.14. The van der Waals surface area contributed by atoms with Gasteiger partial charge in [-0.15, -0.1) is 0 Å². The summed E-state index contributed by atoms with van der Waals surface area (Å²) in [5.41, 5.74) is 3.05. The number of nitriles is 1. The van der Waals surface area contributed by atoms with E-state index in [-0.39, 0.29) is 12.1 Å². The Kier molecular flexibility index (Phi) is 5.38. The highest BCUT2D eigenvalue weighted by Crippen LogP contribution is 2.23. The lowest BCUT2D eigenvalue weighted by atomic mass is 10.0. The molecule has 0 aliphatic heterocycles. The van der Waals surface area contributed by atoms with Crippen molar-refractivity contribution in [1.29, 1.82) is 5.26 Å². The highest BCUT2D eigenvalue weighted by Gasteiger charge is 2.14. The summed E-state index contributed by atoms with van der Waals surface area (Å²) in [5.74, 6) is 0. The third kappa shape index (κ3) is 4.07. The van der Waals surface area contributed by atoms with E-state index >= 15 is 0 Å². The average Bonchev–Trinajstić information content (AvgIpc) is 2.53. The van der Waals surface area contributed by atoms with Gasteiger partial charge in [0.2, 0.25) is 0 Å². The van der Waals surface area contributed by atoms with Crippen LogP contribution in [0.1, 0.15) is 49.0 Å². The van der Waals surface area contributed by atoms with Gasteiger partial charge in [0.1, 0.15) is 0 Å². The minimum absolute atomic E-state index is 0.180. The minimum atomic E-state index is 0.180. The zero-order valence-corrected chi connectivity index (χ0v) is 13.1. The van der Waals surface area contributed by atoms with Crippen LogP contribution in [-0.2, 0) is 0 Å². The van der Waals surface area contributed by atoms with Crippen LogP contribution in [0.4, 0.5) is 0 Å². The second-order valence-corrected chi connectivity index (χ2v) is 5.57. The molecule has 0 heterocycles. The van der Waals surface area contributed by atoms with Gasteiger partial charge < -0.3 is 5.32 Å². The van der Waals surface area contributed by atoms with Gasteiger partial charge >= 0.3 is 0 Å². The normalized spacial score (nSPS) is 13.4. The fourth-order valence-corrected chi connectivity index (χ4v) is 2.55. The number of benzene rings is 2. The highest BCUT2D eigenvalue weighted by molar-refractivity contribution is 6.30. The van der Waals surface area contributed by atoms with Crippen molar-refractivity contribution in [1.82, 2.24) is 5.32 Å². The topological polar surface area (TPSA) is 35.8 Å². The number of hydrogen-bond acceptors (Lipinski definition) is 2. The smallest absolute Gasteiger partial charge is 0.0991 e. The average molecular weight is 299 g/mol. The molecule has 0 bridgehead atoms. The van der Waals surface area contributed by atoms with Crippen LogP contribution in [0.25, 0.3) is 0 Å². The van der Waals surface area contributed by atoms with Crippen molar-refractivity contribution < 1.29 is 0 Å². The molecule has 1 N–H and O–H groups in total. The molecule has 0 amide bonds. The predicted molar refractivity (Wildman–Crippen MR) is 87.2 cm³/mol. The van der Waals surface area contributed by atoms with E-state index in [1.54, 1.807) is 0 Å². The van der Waals surface area contributed by atoms with Crippen LogP contribution in [0, 0.1) is 11.3 Å². The van der Waals surface area contributed by atoms with Gasteiger partial charge in [-0.05, 0) is 48.7 Å². The number of rotatable bonds is 5. The lowest BCUT2D eigenvalue weighted by Crippen LogP contribution is -2.24. The Balaban J connectivity index is 2.14. The maximum absolute atomic E-state index is 8.99. The second kappa shape index (κ2) is 7.26. The molecule has 21 heavy (non-hydrogen) atoms. The van der Waals surface area contributed by atoms with E-state index in [9.17, 15) is 0 Å². The van der Waals surface area contributed by atoms with E-state index in [0.29, 0.717) is 5.56 Å². The van der Waals surface area contributed by atoms with Crippen molar-refractivity contribution in [2.24, 2.45) is 0 Å². The molecule has 2 nitrogen and oxygen atoms in total. The molecule has 2 aromatic rings.